The highest BCUT2D eigenvalue weighted by molar-refractivity contribution is 7.92. The minimum absolute atomic E-state index is 0.206. The van der Waals surface area contributed by atoms with Gasteiger partial charge in [-0.1, -0.05) is 0 Å². The zero-order chi connectivity index (χ0) is 16.4. The lowest BCUT2D eigenvalue weighted by Crippen LogP contribution is -2.36. The Balaban J connectivity index is 2.21. The number of benzene rings is 1. The van der Waals surface area contributed by atoms with E-state index in [1.807, 2.05) is 0 Å². The first-order valence-electron chi connectivity index (χ1n) is 6.76. The smallest absolute Gasteiger partial charge is 0.240 e. The van der Waals surface area contributed by atoms with Crippen LogP contribution in [0.5, 0.6) is 0 Å². The molecule has 1 heterocycles. The fourth-order valence-electron chi connectivity index (χ4n) is 2.03. The molecule has 0 bridgehead atoms. The average molecular weight is 351 g/mol. The van der Waals surface area contributed by atoms with Gasteiger partial charge in [-0.2, -0.15) is 0 Å². The minimum Gasteiger partial charge on any atom is -0.315 e. The van der Waals surface area contributed by atoms with Crippen molar-refractivity contribution in [2.75, 3.05) is 23.6 Å². The molecule has 1 aromatic carbocycles. The maximum absolute atomic E-state index is 13.9. The van der Waals surface area contributed by atoms with Gasteiger partial charge in [-0.25, -0.2) is 25.9 Å². The largest absolute Gasteiger partial charge is 0.315 e. The lowest BCUT2D eigenvalue weighted by atomic mass is 10.3. The SMILES string of the molecule is CCS(=O)(=O)Nc1ccc(S(=O)(=O)NC2CCNC2)cc1F. The summed E-state index contributed by atoms with van der Waals surface area (Å²) in [6.07, 6.45) is 0.663. The molecule has 0 aromatic heterocycles. The van der Waals surface area contributed by atoms with Gasteiger partial charge in [0.15, 0.2) is 0 Å². The molecule has 0 amide bonds. The third-order valence-electron chi connectivity index (χ3n) is 3.28. The van der Waals surface area contributed by atoms with Gasteiger partial charge in [0.2, 0.25) is 20.0 Å². The molecule has 1 atom stereocenters. The minimum atomic E-state index is -3.84. The van der Waals surface area contributed by atoms with Gasteiger partial charge < -0.3 is 5.32 Å². The van der Waals surface area contributed by atoms with Crippen molar-refractivity contribution in [1.29, 1.82) is 0 Å². The quantitative estimate of drug-likeness (QED) is 0.680. The molecule has 2 rings (SSSR count). The van der Waals surface area contributed by atoms with E-state index in [1.165, 1.54) is 13.0 Å². The second-order valence-corrected chi connectivity index (χ2v) is 8.68. The van der Waals surface area contributed by atoms with Crippen molar-refractivity contribution in [1.82, 2.24) is 10.0 Å². The van der Waals surface area contributed by atoms with Crippen LogP contribution in [0.1, 0.15) is 13.3 Å². The summed E-state index contributed by atoms with van der Waals surface area (Å²) in [5, 5.41) is 3.02. The van der Waals surface area contributed by atoms with Gasteiger partial charge in [-0.3, -0.25) is 4.72 Å². The predicted octanol–water partition coefficient (Wildman–Crippen LogP) is 0.227. The first-order valence-corrected chi connectivity index (χ1v) is 9.90. The van der Waals surface area contributed by atoms with Crippen molar-refractivity contribution >= 4 is 25.7 Å². The van der Waals surface area contributed by atoms with E-state index < -0.39 is 25.9 Å². The Labute approximate surface area is 129 Å². The number of anilines is 1. The van der Waals surface area contributed by atoms with Crippen molar-refractivity contribution < 1.29 is 21.2 Å². The number of halogens is 1. The summed E-state index contributed by atoms with van der Waals surface area (Å²) >= 11 is 0. The van der Waals surface area contributed by atoms with Crippen LogP contribution >= 0.6 is 0 Å². The first kappa shape index (κ1) is 17.1. The van der Waals surface area contributed by atoms with Crippen LogP contribution in [-0.4, -0.2) is 41.7 Å². The van der Waals surface area contributed by atoms with Gasteiger partial charge in [0.25, 0.3) is 0 Å². The monoisotopic (exact) mass is 351 g/mol. The molecule has 1 aliphatic rings. The normalized spacial score (nSPS) is 19.3. The van der Waals surface area contributed by atoms with Gasteiger partial charge in [-0.15, -0.1) is 0 Å². The van der Waals surface area contributed by atoms with Crippen LogP contribution in [-0.2, 0) is 20.0 Å². The highest BCUT2D eigenvalue weighted by atomic mass is 32.2. The third kappa shape index (κ3) is 4.15. The van der Waals surface area contributed by atoms with Crippen LogP contribution in [0.4, 0.5) is 10.1 Å². The molecule has 1 unspecified atom stereocenters. The van der Waals surface area contributed by atoms with Gasteiger partial charge in [0, 0.05) is 12.6 Å². The summed E-state index contributed by atoms with van der Waals surface area (Å²) in [4.78, 5) is -0.239. The number of sulfonamides is 2. The Kier molecular flexibility index (Phi) is 5.05. The molecule has 3 N–H and O–H groups in total. The summed E-state index contributed by atoms with van der Waals surface area (Å²) < 4.78 is 65.6. The van der Waals surface area contributed by atoms with Crippen molar-refractivity contribution in [2.24, 2.45) is 0 Å². The lowest BCUT2D eigenvalue weighted by molar-refractivity contribution is 0.558. The second kappa shape index (κ2) is 6.49. The molecule has 7 nitrogen and oxygen atoms in total. The van der Waals surface area contributed by atoms with Crippen LogP contribution < -0.4 is 14.8 Å². The molecule has 1 saturated heterocycles. The van der Waals surface area contributed by atoms with E-state index in [2.05, 4.69) is 14.8 Å². The molecule has 1 aromatic rings. The maximum Gasteiger partial charge on any atom is 0.240 e. The zero-order valence-corrected chi connectivity index (χ0v) is 13.6. The number of nitrogens with one attached hydrogen (secondary N) is 3. The highest BCUT2D eigenvalue weighted by Crippen LogP contribution is 2.20. The molecular weight excluding hydrogens is 333 g/mol. The topological polar surface area (TPSA) is 104 Å². The van der Waals surface area contributed by atoms with Gasteiger partial charge >= 0.3 is 0 Å². The molecule has 1 fully saturated rings. The summed E-state index contributed by atoms with van der Waals surface area (Å²) in [5.41, 5.74) is -0.275. The van der Waals surface area contributed by atoms with E-state index in [9.17, 15) is 21.2 Å². The molecule has 0 spiro atoms. The Morgan fingerprint density at radius 2 is 2.05 bits per heavy atom. The molecule has 0 radical (unpaired) electrons. The molecule has 1 aliphatic heterocycles. The van der Waals surface area contributed by atoms with Crippen LogP contribution in [0.25, 0.3) is 0 Å². The van der Waals surface area contributed by atoms with Crippen LogP contribution in [0.2, 0.25) is 0 Å². The van der Waals surface area contributed by atoms with E-state index >= 15 is 0 Å². The van der Waals surface area contributed by atoms with E-state index in [1.54, 1.807) is 0 Å². The average Bonchev–Trinajstić information content (AvgIpc) is 2.93. The van der Waals surface area contributed by atoms with Crippen LogP contribution in [0, 0.1) is 5.82 Å². The Bertz CT molecular complexity index is 744. The van der Waals surface area contributed by atoms with Gasteiger partial charge in [0.1, 0.15) is 5.82 Å². The standard InChI is InChI=1S/C12H18FN3O4S2/c1-2-21(17,18)16-12-4-3-10(7-11(12)13)22(19,20)15-9-5-6-14-8-9/h3-4,7,9,14-16H,2,5-6,8H2,1H3. The van der Waals surface area contributed by atoms with Crippen molar-refractivity contribution in [3.8, 4) is 0 Å². The van der Waals surface area contributed by atoms with Crippen LogP contribution in [0.15, 0.2) is 23.1 Å². The fraction of sp³-hybridized carbons (Fsp3) is 0.500. The summed E-state index contributed by atoms with van der Waals surface area (Å²) in [7, 11) is -7.46. The maximum atomic E-state index is 13.9. The van der Waals surface area contributed by atoms with Crippen molar-refractivity contribution in [3.05, 3.63) is 24.0 Å². The van der Waals surface area contributed by atoms with E-state index in [0.717, 1.165) is 18.7 Å². The Morgan fingerprint density at radius 3 is 2.59 bits per heavy atom. The second-order valence-electron chi connectivity index (χ2n) is 4.96. The summed E-state index contributed by atoms with van der Waals surface area (Å²) in [5.74, 6) is -1.15. The number of rotatable bonds is 6. The van der Waals surface area contributed by atoms with Crippen molar-refractivity contribution in [3.63, 3.8) is 0 Å². The third-order valence-corrected chi connectivity index (χ3v) is 6.09. The van der Waals surface area contributed by atoms with E-state index in [0.29, 0.717) is 13.0 Å². The molecular formula is C12H18FN3O4S2. The number of hydrogen-bond donors (Lipinski definition) is 3. The van der Waals surface area contributed by atoms with E-state index in [-0.39, 0.29) is 22.4 Å². The van der Waals surface area contributed by atoms with Gasteiger partial charge in [0.05, 0.1) is 16.3 Å². The van der Waals surface area contributed by atoms with Crippen molar-refractivity contribution in [2.45, 2.75) is 24.3 Å². The predicted molar refractivity (Wildman–Crippen MR) is 81.1 cm³/mol. The summed E-state index contributed by atoms with van der Waals surface area (Å²) in [6, 6.07) is 2.84. The molecule has 0 saturated carbocycles. The Morgan fingerprint density at radius 1 is 1.32 bits per heavy atom. The van der Waals surface area contributed by atoms with Crippen LogP contribution in [0.3, 0.4) is 0 Å². The molecule has 10 heteroatoms. The first-order chi connectivity index (χ1) is 10.2. The Hall–Kier alpha value is -1.23. The highest BCUT2D eigenvalue weighted by Gasteiger charge is 2.23. The van der Waals surface area contributed by atoms with E-state index in [4.69, 9.17) is 0 Å². The summed E-state index contributed by atoms with van der Waals surface area (Å²) in [6.45, 7) is 2.66. The molecule has 22 heavy (non-hydrogen) atoms. The molecule has 0 aliphatic carbocycles. The number of hydrogen-bond acceptors (Lipinski definition) is 5. The lowest BCUT2D eigenvalue weighted by Gasteiger charge is -2.13. The zero-order valence-electron chi connectivity index (χ0n) is 12.0. The fourth-order valence-corrected chi connectivity index (χ4v) is 3.96. The van der Waals surface area contributed by atoms with Gasteiger partial charge in [-0.05, 0) is 38.1 Å². The molecule has 124 valence electrons.